The normalized spacial score (nSPS) is 20.8. The van der Waals surface area contributed by atoms with Crippen molar-refractivity contribution in [3.63, 3.8) is 0 Å². The summed E-state index contributed by atoms with van der Waals surface area (Å²) in [5.74, 6) is 0.788. The molecule has 0 saturated carbocycles. The summed E-state index contributed by atoms with van der Waals surface area (Å²) in [6, 6.07) is 16.8. The van der Waals surface area contributed by atoms with E-state index in [0.29, 0.717) is 0 Å². The Morgan fingerprint density at radius 1 is 0.920 bits per heavy atom. The Kier molecular flexibility index (Phi) is 4.14. The molecule has 0 radical (unpaired) electrons. The van der Waals surface area contributed by atoms with Crippen molar-refractivity contribution < 1.29 is 4.74 Å². The van der Waals surface area contributed by atoms with E-state index in [0.717, 1.165) is 41.2 Å². The second kappa shape index (κ2) is 6.45. The predicted octanol–water partition coefficient (Wildman–Crippen LogP) is 4.22. The van der Waals surface area contributed by atoms with E-state index < -0.39 is 0 Å². The second-order valence-corrected chi connectivity index (χ2v) is 6.92. The number of morpholine rings is 1. The van der Waals surface area contributed by atoms with Gasteiger partial charge in [-0.25, -0.2) is 9.97 Å². The van der Waals surface area contributed by atoms with E-state index >= 15 is 0 Å². The smallest absolute Gasteiger partial charge is 0.226 e. The highest BCUT2D eigenvalue weighted by atomic mass is 16.5. The van der Waals surface area contributed by atoms with E-state index in [2.05, 4.69) is 62.1 Å². The van der Waals surface area contributed by atoms with Crippen LogP contribution in [0.15, 0.2) is 48.5 Å². The Labute approximate surface area is 148 Å². The van der Waals surface area contributed by atoms with Crippen LogP contribution in [-0.4, -0.2) is 35.3 Å². The molecule has 0 unspecified atom stereocenters. The minimum Gasteiger partial charge on any atom is -0.372 e. The summed E-state index contributed by atoms with van der Waals surface area (Å²) in [6.45, 7) is 7.94. The van der Waals surface area contributed by atoms with Gasteiger partial charge in [-0.1, -0.05) is 48.0 Å². The molecule has 4 nitrogen and oxygen atoms in total. The lowest BCUT2D eigenvalue weighted by Gasteiger charge is -2.35. The van der Waals surface area contributed by atoms with Crippen LogP contribution in [0.5, 0.6) is 0 Å². The Morgan fingerprint density at radius 3 is 2.32 bits per heavy atom. The van der Waals surface area contributed by atoms with Crippen molar-refractivity contribution in [2.75, 3.05) is 18.0 Å². The fourth-order valence-corrected chi connectivity index (χ4v) is 3.48. The molecule has 0 amide bonds. The molecular weight excluding hydrogens is 310 g/mol. The highest BCUT2D eigenvalue weighted by Gasteiger charge is 2.25. The van der Waals surface area contributed by atoms with E-state index in [9.17, 15) is 0 Å². The van der Waals surface area contributed by atoms with E-state index in [-0.39, 0.29) is 12.2 Å². The first kappa shape index (κ1) is 16.0. The SMILES string of the molecule is Cc1ccc(-c2nc(N3C[C@@H](C)O[C@@H](C)C3)nc3ccccc23)cc1. The fourth-order valence-electron chi connectivity index (χ4n) is 3.48. The van der Waals surface area contributed by atoms with Crippen molar-refractivity contribution in [1.82, 2.24) is 9.97 Å². The third-order valence-corrected chi connectivity index (χ3v) is 4.62. The van der Waals surface area contributed by atoms with Gasteiger partial charge in [0.2, 0.25) is 5.95 Å². The maximum Gasteiger partial charge on any atom is 0.226 e. The average Bonchev–Trinajstić information content (AvgIpc) is 2.61. The number of fused-ring (bicyclic) bond motifs is 1. The van der Waals surface area contributed by atoms with Gasteiger partial charge in [-0.05, 0) is 26.8 Å². The van der Waals surface area contributed by atoms with Crippen LogP contribution in [0.4, 0.5) is 5.95 Å². The number of hydrogen-bond acceptors (Lipinski definition) is 4. The van der Waals surface area contributed by atoms with Crippen LogP contribution in [-0.2, 0) is 4.74 Å². The Morgan fingerprint density at radius 2 is 1.60 bits per heavy atom. The van der Waals surface area contributed by atoms with Crippen LogP contribution in [0.3, 0.4) is 0 Å². The molecule has 4 heteroatoms. The van der Waals surface area contributed by atoms with Crippen LogP contribution >= 0.6 is 0 Å². The lowest BCUT2D eigenvalue weighted by molar-refractivity contribution is -0.00569. The molecule has 3 aromatic rings. The highest BCUT2D eigenvalue weighted by molar-refractivity contribution is 5.93. The maximum absolute atomic E-state index is 5.86. The number of anilines is 1. The van der Waals surface area contributed by atoms with Crippen molar-refractivity contribution >= 4 is 16.9 Å². The summed E-state index contributed by atoms with van der Waals surface area (Å²) in [5, 5.41) is 1.09. The van der Waals surface area contributed by atoms with Gasteiger partial charge in [0.15, 0.2) is 0 Å². The average molecular weight is 333 g/mol. The van der Waals surface area contributed by atoms with E-state index in [1.54, 1.807) is 0 Å². The summed E-state index contributed by atoms with van der Waals surface area (Å²) in [4.78, 5) is 12.0. The first-order valence-electron chi connectivity index (χ1n) is 8.84. The zero-order valence-electron chi connectivity index (χ0n) is 14.9. The third-order valence-electron chi connectivity index (χ3n) is 4.62. The number of para-hydroxylation sites is 1. The van der Waals surface area contributed by atoms with Crippen LogP contribution in [0.2, 0.25) is 0 Å². The zero-order chi connectivity index (χ0) is 17.4. The molecule has 1 aliphatic rings. The standard InChI is InChI=1S/C21H23N3O/c1-14-8-10-17(11-9-14)20-18-6-4-5-7-19(18)22-21(23-20)24-12-15(2)25-16(3)13-24/h4-11,15-16H,12-13H2,1-3H3/t15-,16+. The number of aromatic nitrogens is 2. The molecule has 0 aliphatic carbocycles. The molecule has 1 aromatic heterocycles. The van der Waals surface area contributed by atoms with Gasteiger partial charge in [-0.3, -0.25) is 0 Å². The summed E-state index contributed by atoms with van der Waals surface area (Å²) in [7, 11) is 0. The van der Waals surface area contributed by atoms with Crippen LogP contribution in [0.1, 0.15) is 19.4 Å². The molecular formula is C21H23N3O. The van der Waals surface area contributed by atoms with Gasteiger partial charge in [0, 0.05) is 24.0 Å². The molecule has 2 aromatic carbocycles. The first-order valence-corrected chi connectivity index (χ1v) is 8.84. The topological polar surface area (TPSA) is 38.2 Å². The molecule has 1 aliphatic heterocycles. The quantitative estimate of drug-likeness (QED) is 0.704. The highest BCUT2D eigenvalue weighted by Crippen LogP contribution is 2.29. The number of hydrogen-bond donors (Lipinski definition) is 0. The van der Waals surface area contributed by atoms with E-state index in [1.807, 2.05) is 12.1 Å². The Hall–Kier alpha value is -2.46. The monoisotopic (exact) mass is 333 g/mol. The maximum atomic E-state index is 5.86. The van der Waals surface area contributed by atoms with Gasteiger partial charge in [-0.15, -0.1) is 0 Å². The first-order chi connectivity index (χ1) is 12.1. The molecule has 0 N–H and O–H groups in total. The summed E-state index contributed by atoms with van der Waals surface area (Å²) in [5.41, 5.74) is 4.35. The van der Waals surface area contributed by atoms with E-state index in [4.69, 9.17) is 14.7 Å². The van der Waals surface area contributed by atoms with Gasteiger partial charge >= 0.3 is 0 Å². The molecule has 0 spiro atoms. The number of benzene rings is 2. The van der Waals surface area contributed by atoms with Crippen LogP contribution in [0.25, 0.3) is 22.2 Å². The Balaban J connectivity index is 1.85. The molecule has 1 fully saturated rings. The van der Waals surface area contributed by atoms with Crippen LogP contribution < -0.4 is 4.90 Å². The van der Waals surface area contributed by atoms with Crippen molar-refractivity contribution in [3.05, 3.63) is 54.1 Å². The summed E-state index contributed by atoms with van der Waals surface area (Å²) in [6.07, 6.45) is 0.364. The van der Waals surface area contributed by atoms with Gasteiger partial charge in [-0.2, -0.15) is 0 Å². The minimum atomic E-state index is 0.182. The number of aryl methyl sites for hydroxylation is 1. The van der Waals surface area contributed by atoms with Gasteiger partial charge in [0.05, 0.1) is 23.4 Å². The number of ether oxygens (including phenoxy) is 1. The molecule has 2 atom stereocenters. The van der Waals surface area contributed by atoms with Crippen molar-refractivity contribution in [1.29, 1.82) is 0 Å². The molecule has 2 heterocycles. The van der Waals surface area contributed by atoms with Gasteiger partial charge in [0.25, 0.3) is 0 Å². The fraction of sp³-hybridized carbons (Fsp3) is 0.333. The van der Waals surface area contributed by atoms with Crippen molar-refractivity contribution in [3.8, 4) is 11.3 Å². The molecule has 0 bridgehead atoms. The van der Waals surface area contributed by atoms with Crippen molar-refractivity contribution in [2.24, 2.45) is 0 Å². The molecule has 25 heavy (non-hydrogen) atoms. The molecule has 4 rings (SSSR count). The lowest BCUT2D eigenvalue weighted by atomic mass is 10.1. The molecule has 1 saturated heterocycles. The van der Waals surface area contributed by atoms with Crippen molar-refractivity contribution in [2.45, 2.75) is 33.0 Å². The Bertz CT molecular complexity index is 881. The largest absolute Gasteiger partial charge is 0.372 e. The van der Waals surface area contributed by atoms with Gasteiger partial charge in [0.1, 0.15) is 0 Å². The zero-order valence-corrected chi connectivity index (χ0v) is 14.9. The summed E-state index contributed by atoms with van der Waals surface area (Å²) >= 11 is 0. The van der Waals surface area contributed by atoms with Gasteiger partial charge < -0.3 is 9.64 Å². The second-order valence-electron chi connectivity index (χ2n) is 6.92. The van der Waals surface area contributed by atoms with Crippen LogP contribution in [0, 0.1) is 6.92 Å². The summed E-state index contributed by atoms with van der Waals surface area (Å²) < 4.78 is 5.86. The van der Waals surface area contributed by atoms with E-state index in [1.165, 1.54) is 5.56 Å². The third kappa shape index (κ3) is 3.22. The predicted molar refractivity (Wildman–Crippen MR) is 102 cm³/mol. The lowest BCUT2D eigenvalue weighted by Crippen LogP contribution is -2.46. The number of rotatable bonds is 2. The number of nitrogens with zero attached hydrogens (tertiary/aromatic N) is 3. The molecule has 128 valence electrons. The minimum absolute atomic E-state index is 0.182.